The zero-order chi connectivity index (χ0) is 10.6. The number of fused-ring (bicyclic) bond motifs is 1. The summed E-state index contributed by atoms with van der Waals surface area (Å²) >= 11 is 3.70. The van der Waals surface area contributed by atoms with E-state index in [9.17, 15) is 4.79 Å². The number of hydrogen-bond acceptors (Lipinski definition) is 5. The Morgan fingerprint density at radius 1 is 1.71 bits per heavy atom. The van der Waals surface area contributed by atoms with Gasteiger partial charge in [-0.3, -0.25) is 0 Å². The first kappa shape index (κ1) is 10.2. The number of quaternary nitrogens is 1. The summed E-state index contributed by atoms with van der Waals surface area (Å²) in [6, 6.07) is 0. The van der Waals surface area contributed by atoms with Crippen molar-refractivity contribution in [2.45, 2.75) is 0 Å². The summed E-state index contributed by atoms with van der Waals surface area (Å²) in [5.41, 5.74) is 5.72. The Hall–Kier alpha value is -1.89. The van der Waals surface area contributed by atoms with Crippen molar-refractivity contribution in [3.8, 4) is 0 Å². The number of aliphatic imine (C=N–C) groups is 1. The second-order valence-electron chi connectivity index (χ2n) is 2.24. The van der Waals surface area contributed by atoms with Crippen LogP contribution in [0.3, 0.4) is 0 Å². The summed E-state index contributed by atoms with van der Waals surface area (Å²) in [5.74, 6) is 0.398. The molecule has 14 heavy (non-hydrogen) atoms. The highest BCUT2D eigenvalue weighted by atomic mass is 32.1. The number of nitrogens with zero attached hydrogens (tertiary/aromatic N) is 3. The van der Waals surface area contributed by atoms with Gasteiger partial charge in [-0.1, -0.05) is 12.2 Å². The predicted octanol–water partition coefficient (Wildman–Crippen LogP) is -1.27. The first-order chi connectivity index (χ1) is 6.69. The van der Waals surface area contributed by atoms with E-state index < -0.39 is 0 Å². The number of carbonyl (C=O) groups is 1. The maximum Gasteiger partial charge on any atom is 0.370 e. The Labute approximate surface area is 83.9 Å². The van der Waals surface area contributed by atoms with E-state index in [1.54, 1.807) is 0 Å². The molecule has 7 nitrogen and oxygen atoms in total. The van der Waals surface area contributed by atoms with Crippen molar-refractivity contribution < 1.29 is 10.1 Å². The smallest absolute Gasteiger partial charge is 0.370 e. The molecule has 0 atom stereocenters. The fourth-order valence-electron chi connectivity index (χ4n) is 0.914. The summed E-state index contributed by atoms with van der Waals surface area (Å²) < 4.78 is 0. The zero-order valence-electron chi connectivity index (χ0n) is 6.89. The largest absolute Gasteiger partial charge is 0.753 e. The quantitative estimate of drug-likeness (QED) is 0.365. The minimum atomic E-state index is -0.176. The lowest BCUT2D eigenvalue weighted by Gasteiger charge is -2.01. The van der Waals surface area contributed by atoms with Gasteiger partial charge in [0.05, 0.1) is 6.33 Å². The number of hydrogen-bond donors (Lipinski definition) is 3. The fraction of sp³-hybridized carbons (Fsp3) is 0. The number of nitrogens with two attached hydrogens (primary N) is 2. The molecular formula is C6H6N6OS. The van der Waals surface area contributed by atoms with Gasteiger partial charge in [-0.2, -0.15) is 10.2 Å². The second-order valence-corrected chi connectivity index (χ2v) is 2.42. The Bertz CT molecular complexity index is 416. The van der Waals surface area contributed by atoms with Crippen molar-refractivity contribution in [2.24, 2.45) is 10.7 Å². The number of primary amides is 1. The molecule has 2 rings (SSSR count). The van der Waals surface area contributed by atoms with E-state index in [4.69, 9.17) is 11.1 Å². The lowest BCUT2D eigenvalue weighted by atomic mass is 10.4. The van der Waals surface area contributed by atoms with E-state index in [1.165, 1.54) is 16.8 Å². The number of isothiocyanates is 1. The predicted molar refractivity (Wildman–Crippen MR) is 52.1 cm³/mol. The van der Waals surface area contributed by atoms with Crippen LogP contribution < -0.4 is 11.1 Å². The third-order valence-corrected chi connectivity index (χ3v) is 1.38. The number of aromatic amines is 1. The third kappa shape index (κ3) is 2.07. The number of amides is 1. The molecule has 0 fully saturated rings. The highest BCUT2D eigenvalue weighted by molar-refractivity contribution is 7.78. The number of carbonyl (C=O) groups excluding carboxylic acids is 1. The lowest BCUT2D eigenvalue weighted by molar-refractivity contribution is -0.433. The molecule has 72 valence electrons. The topological polar surface area (TPSA) is 123 Å². The third-order valence-electron chi connectivity index (χ3n) is 1.38. The van der Waals surface area contributed by atoms with Crippen LogP contribution in [0.1, 0.15) is 10.5 Å². The van der Waals surface area contributed by atoms with Gasteiger partial charge in [0.1, 0.15) is 0 Å². The molecule has 0 radical (unpaired) electrons. The van der Waals surface area contributed by atoms with Crippen LogP contribution in [0.25, 0.3) is 5.41 Å². The Morgan fingerprint density at radius 3 is 3.00 bits per heavy atom. The number of imidazole rings is 1. The molecule has 0 aliphatic carbocycles. The first-order valence-corrected chi connectivity index (χ1v) is 3.87. The highest BCUT2D eigenvalue weighted by Gasteiger charge is 2.24. The summed E-state index contributed by atoms with van der Waals surface area (Å²) in [6.07, 6.45) is 1.42. The molecule has 1 aromatic heterocycles. The Kier molecular flexibility index (Phi) is 3.19. The number of H-pyrrole nitrogens is 1. The molecule has 1 amide bonds. The van der Waals surface area contributed by atoms with Gasteiger partial charge in [0.2, 0.25) is 0 Å². The van der Waals surface area contributed by atoms with Crippen LogP contribution in [-0.2, 0) is 0 Å². The van der Waals surface area contributed by atoms with E-state index in [2.05, 4.69) is 27.2 Å². The maximum atomic E-state index is 11.1. The molecule has 0 saturated heterocycles. The molecule has 1 aromatic rings. The summed E-state index contributed by atoms with van der Waals surface area (Å²) in [4.78, 5) is 21.4. The lowest BCUT2D eigenvalue weighted by Crippen LogP contribution is -2.94. The average Bonchev–Trinajstić information content (AvgIpc) is 2.53. The number of rotatable bonds is 0. The molecular weight excluding hydrogens is 204 g/mol. The normalized spacial score (nSPS) is 13.1. The standard InChI is InChI=1S/C5H5N5O.CNS/c6-5-9-3-2(4(11)10-5)7-1-8-3;2-1-3/h1H,(H4,6,7,8,9,10,11);/q;-1/p+1. The Balaban J connectivity index is 0.000000293. The molecule has 0 bridgehead atoms. The number of nitrogens with one attached hydrogen (secondary N) is 1. The van der Waals surface area contributed by atoms with Gasteiger partial charge in [0.15, 0.2) is 11.5 Å². The minimum Gasteiger partial charge on any atom is -0.753 e. The van der Waals surface area contributed by atoms with Gasteiger partial charge in [-0.15, -0.1) is 0 Å². The van der Waals surface area contributed by atoms with Gasteiger partial charge in [-0.25, -0.2) is 15.1 Å². The molecule has 1 aliphatic rings. The van der Waals surface area contributed by atoms with Gasteiger partial charge in [-0.05, 0) is 0 Å². The van der Waals surface area contributed by atoms with Crippen molar-refractivity contribution in [1.29, 1.82) is 0 Å². The molecule has 0 spiro atoms. The summed E-state index contributed by atoms with van der Waals surface area (Å²) in [7, 11) is 0. The van der Waals surface area contributed by atoms with E-state index >= 15 is 0 Å². The second kappa shape index (κ2) is 4.38. The molecule has 0 saturated carbocycles. The van der Waals surface area contributed by atoms with E-state index in [1.807, 2.05) is 0 Å². The van der Waals surface area contributed by atoms with Crippen LogP contribution >= 0.6 is 12.2 Å². The van der Waals surface area contributed by atoms with Gasteiger partial charge < -0.3 is 16.1 Å². The van der Waals surface area contributed by atoms with Crippen LogP contribution in [0, 0.1) is 0 Å². The zero-order valence-corrected chi connectivity index (χ0v) is 7.71. The van der Waals surface area contributed by atoms with Gasteiger partial charge in [0.25, 0.3) is 0 Å². The number of thiocarbonyl (C=S) groups is 1. The Morgan fingerprint density at radius 2 is 2.36 bits per heavy atom. The minimum absolute atomic E-state index is 0.176. The molecule has 5 N–H and O–H groups in total. The van der Waals surface area contributed by atoms with Crippen LogP contribution in [0.5, 0.6) is 0 Å². The summed E-state index contributed by atoms with van der Waals surface area (Å²) in [5, 5.41) is 9.73. The molecule has 8 heteroatoms. The van der Waals surface area contributed by atoms with Crippen molar-refractivity contribution in [3.05, 3.63) is 17.4 Å². The SMILES string of the molecule is NC1=Nc2nc[nH]c2C(=O)[NH2+]1.[N-]=C=S. The van der Waals surface area contributed by atoms with Crippen molar-refractivity contribution in [1.82, 2.24) is 9.97 Å². The molecule has 2 heterocycles. The van der Waals surface area contributed by atoms with Crippen LogP contribution in [0.15, 0.2) is 11.3 Å². The maximum absolute atomic E-state index is 11.1. The summed E-state index contributed by atoms with van der Waals surface area (Å²) in [6.45, 7) is 0. The van der Waals surface area contributed by atoms with Gasteiger partial charge >= 0.3 is 11.9 Å². The van der Waals surface area contributed by atoms with E-state index in [0.29, 0.717) is 11.5 Å². The van der Waals surface area contributed by atoms with Gasteiger partial charge in [0, 0.05) is 0 Å². The van der Waals surface area contributed by atoms with Crippen molar-refractivity contribution in [3.63, 3.8) is 0 Å². The molecule has 1 aliphatic heterocycles. The molecule has 0 unspecified atom stereocenters. The average molecular weight is 210 g/mol. The van der Waals surface area contributed by atoms with Crippen molar-refractivity contribution >= 4 is 35.1 Å². The molecule has 0 aromatic carbocycles. The first-order valence-electron chi connectivity index (χ1n) is 3.47. The van der Waals surface area contributed by atoms with Crippen LogP contribution in [0.2, 0.25) is 0 Å². The monoisotopic (exact) mass is 210 g/mol. The highest BCUT2D eigenvalue weighted by Crippen LogP contribution is 2.12. The fourth-order valence-corrected chi connectivity index (χ4v) is 0.914. The van der Waals surface area contributed by atoms with Crippen molar-refractivity contribution in [2.75, 3.05) is 0 Å². The number of guanidine groups is 1. The van der Waals surface area contributed by atoms with Crippen LogP contribution in [0.4, 0.5) is 5.82 Å². The number of aromatic nitrogens is 2. The van der Waals surface area contributed by atoms with E-state index in [0.717, 1.165) is 0 Å². The van der Waals surface area contributed by atoms with E-state index in [-0.39, 0.29) is 11.9 Å². The van der Waals surface area contributed by atoms with Crippen LogP contribution in [-0.4, -0.2) is 27.0 Å².